The molecular weight excluding hydrogens is 202 g/mol. The maximum absolute atomic E-state index is 11.6. The molecule has 0 aliphatic rings. The van der Waals surface area contributed by atoms with Gasteiger partial charge in [-0.2, -0.15) is 0 Å². The van der Waals surface area contributed by atoms with Crippen molar-refractivity contribution in [1.82, 2.24) is 0 Å². The summed E-state index contributed by atoms with van der Waals surface area (Å²) in [7, 11) is 1.60. The molecule has 0 bridgehead atoms. The highest BCUT2D eigenvalue weighted by Crippen LogP contribution is 2.25. The molecule has 3 heteroatoms. The molecule has 0 saturated heterocycles. The zero-order valence-corrected chi connectivity index (χ0v) is 10.2. The monoisotopic (exact) mass is 221 g/mol. The Labute approximate surface area is 96.8 Å². The van der Waals surface area contributed by atoms with Gasteiger partial charge in [-0.25, -0.2) is 0 Å². The van der Waals surface area contributed by atoms with Crippen molar-refractivity contribution in [3.8, 4) is 5.75 Å². The average molecular weight is 221 g/mol. The number of amides is 1. The van der Waals surface area contributed by atoms with Crippen molar-refractivity contribution in [2.75, 3.05) is 12.4 Å². The molecule has 0 spiro atoms. The SMILES string of the molecule is CCCCC(=O)Nc1cc(C)ccc1OC. The largest absolute Gasteiger partial charge is 0.495 e. The molecular formula is C13H19NO2. The van der Waals surface area contributed by atoms with E-state index in [1.165, 1.54) is 0 Å². The minimum atomic E-state index is 0.0470. The van der Waals surface area contributed by atoms with Gasteiger partial charge < -0.3 is 10.1 Å². The van der Waals surface area contributed by atoms with E-state index in [0.717, 1.165) is 24.1 Å². The van der Waals surface area contributed by atoms with E-state index in [0.29, 0.717) is 12.2 Å². The summed E-state index contributed by atoms with van der Waals surface area (Å²) in [5.41, 5.74) is 1.86. The number of hydrogen-bond donors (Lipinski definition) is 1. The Morgan fingerprint density at radius 2 is 2.19 bits per heavy atom. The second kappa shape index (κ2) is 6.16. The van der Waals surface area contributed by atoms with Gasteiger partial charge in [0, 0.05) is 6.42 Å². The highest BCUT2D eigenvalue weighted by atomic mass is 16.5. The van der Waals surface area contributed by atoms with Crippen LogP contribution in [0, 0.1) is 6.92 Å². The highest BCUT2D eigenvalue weighted by Gasteiger charge is 2.06. The summed E-state index contributed by atoms with van der Waals surface area (Å²) in [5, 5.41) is 2.87. The van der Waals surface area contributed by atoms with Crippen molar-refractivity contribution in [2.45, 2.75) is 33.1 Å². The van der Waals surface area contributed by atoms with E-state index in [2.05, 4.69) is 12.2 Å². The topological polar surface area (TPSA) is 38.3 Å². The number of unbranched alkanes of at least 4 members (excludes halogenated alkanes) is 1. The van der Waals surface area contributed by atoms with E-state index in [1.807, 2.05) is 25.1 Å². The van der Waals surface area contributed by atoms with Gasteiger partial charge in [-0.1, -0.05) is 19.4 Å². The molecule has 0 saturated carbocycles. The Hall–Kier alpha value is -1.51. The van der Waals surface area contributed by atoms with Crippen LogP contribution >= 0.6 is 0 Å². The Bertz CT molecular complexity index is 361. The highest BCUT2D eigenvalue weighted by molar-refractivity contribution is 5.92. The fraction of sp³-hybridized carbons (Fsp3) is 0.462. The first-order chi connectivity index (χ1) is 7.67. The lowest BCUT2D eigenvalue weighted by atomic mass is 10.2. The van der Waals surface area contributed by atoms with E-state index in [4.69, 9.17) is 4.74 Å². The van der Waals surface area contributed by atoms with Crippen LogP contribution in [-0.2, 0) is 4.79 Å². The predicted molar refractivity (Wildman–Crippen MR) is 65.9 cm³/mol. The number of carbonyl (C=O) groups excluding carboxylic acids is 1. The number of anilines is 1. The second-order valence-electron chi connectivity index (χ2n) is 3.86. The molecule has 1 aromatic rings. The maximum atomic E-state index is 11.6. The smallest absolute Gasteiger partial charge is 0.224 e. The normalized spacial score (nSPS) is 9.94. The van der Waals surface area contributed by atoms with Crippen LogP contribution in [-0.4, -0.2) is 13.0 Å². The Morgan fingerprint density at radius 3 is 2.81 bits per heavy atom. The molecule has 1 aromatic carbocycles. The number of rotatable bonds is 5. The molecule has 0 radical (unpaired) electrons. The molecule has 0 atom stereocenters. The summed E-state index contributed by atoms with van der Waals surface area (Å²) in [6, 6.07) is 5.74. The van der Waals surface area contributed by atoms with Crippen LogP contribution in [0.1, 0.15) is 31.7 Å². The quantitative estimate of drug-likeness (QED) is 0.829. The second-order valence-corrected chi connectivity index (χ2v) is 3.86. The average Bonchev–Trinajstić information content (AvgIpc) is 2.27. The van der Waals surface area contributed by atoms with Crippen molar-refractivity contribution in [1.29, 1.82) is 0 Å². The lowest BCUT2D eigenvalue weighted by Gasteiger charge is -2.10. The van der Waals surface area contributed by atoms with Crippen LogP contribution in [0.2, 0.25) is 0 Å². The van der Waals surface area contributed by atoms with Crippen LogP contribution in [0.15, 0.2) is 18.2 Å². The van der Waals surface area contributed by atoms with Crippen molar-refractivity contribution >= 4 is 11.6 Å². The van der Waals surface area contributed by atoms with Gasteiger partial charge in [0.15, 0.2) is 0 Å². The van der Waals surface area contributed by atoms with Crippen molar-refractivity contribution in [3.05, 3.63) is 23.8 Å². The zero-order valence-electron chi connectivity index (χ0n) is 10.2. The van der Waals surface area contributed by atoms with E-state index >= 15 is 0 Å². The van der Waals surface area contributed by atoms with Crippen LogP contribution in [0.5, 0.6) is 5.75 Å². The molecule has 1 rings (SSSR count). The maximum Gasteiger partial charge on any atom is 0.224 e. The first-order valence-corrected chi connectivity index (χ1v) is 5.62. The van der Waals surface area contributed by atoms with Crippen LogP contribution in [0.4, 0.5) is 5.69 Å². The number of aryl methyl sites for hydroxylation is 1. The molecule has 1 N–H and O–H groups in total. The van der Waals surface area contributed by atoms with Crippen LogP contribution in [0.3, 0.4) is 0 Å². The molecule has 1 amide bonds. The van der Waals surface area contributed by atoms with Crippen LogP contribution in [0.25, 0.3) is 0 Å². The fourth-order valence-corrected chi connectivity index (χ4v) is 1.47. The van der Waals surface area contributed by atoms with E-state index in [-0.39, 0.29) is 5.91 Å². The van der Waals surface area contributed by atoms with Gasteiger partial charge in [-0.3, -0.25) is 4.79 Å². The summed E-state index contributed by atoms with van der Waals surface area (Å²) in [4.78, 5) is 11.6. The van der Waals surface area contributed by atoms with Crippen molar-refractivity contribution in [2.24, 2.45) is 0 Å². The Kier molecular flexibility index (Phi) is 4.83. The summed E-state index contributed by atoms with van der Waals surface area (Å²) < 4.78 is 5.19. The fourth-order valence-electron chi connectivity index (χ4n) is 1.47. The number of methoxy groups -OCH3 is 1. The van der Waals surface area contributed by atoms with Crippen LogP contribution < -0.4 is 10.1 Å². The van der Waals surface area contributed by atoms with Gasteiger partial charge in [0.1, 0.15) is 5.75 Å². The molecule has 0 aliphatic carbocycles. The summed E-state index contributed by atoms with van der Waals surface area (Å²) in [6.45, 7) is 4.06. The third-order valence-corrected chi connectivity index (χ3v) is 2.39. The van der Waals surface area contributed by atoms with Gasteiger partial charge in [-0.05, 0) is 31.0 Å². The molecule has 0 aromatic heterocycles. The zero-order chi connectivity index (χ0) is 12.0. The van der Waals surface area contributed by atoms with Gasteiger partial charge in [0.25, 0.3) is 0 Å². The van der Waals surface area contributed by atoms with Crippen molar-refractivity contribution < 1.29 is 9.53 Å². The number of hydrogen-bond acceptors (Lipinski definition) is 2. The van der Waals surface area contributed by atoms with E-state index in [1.54, 1.807) is 7.11 Å². The third kappa shape index (κ3) is 3.57. The molecule has 0 aliphatic heterocycles. The number of ether oxygens (including phenoxy) is 1. The minimum Gasteiger partial charge on any atom is -0.495 e. The first kappa shape index (κ1) is 12.6. The van der Waals surface area contributed by atoms with Gasteiger partial charge >= 0.3 is 0 Å². The summed E-state index contributed by atoms with van der Waals surface area (Å²) in [5.74, 6) is 0.751. The number of nitrogens with one attached hydrogen (secondary N) is 1. The first-order valence-electron chi connectivity index (χ1n) is 5.62. The van der Waals surface area contributed by atoms with Gasteiger partial charge in [0.2, 0.25) is 5.91 Å². The minimum absolute atomic E-state index is 0.0470. The molecule has 0 heterocycles. The van der Waals surface area contributed by atoms with Gasteiger partial charge in [-0.15, -0.1) is 0 Å². The molecule has 0 unspecified atom stereocenters. The lowest BCUT2D eigenvalue weighted by Crippen LogP contribution is -2.11. The number of carbonyl (C=O) groups is 1. The molecule has 16 heavy (non-hydrogen) atoms. The molecule has 3 nitrogen and oxygen atoms in total. The number of benzene rings is 1. The Balaban J connectivity index is 2.71. The third-order valence-electron chi connectivity index (χ3n) is 2.39. The standard InChI is InChI=1S/C13H19NO2/c1-4-5-6-13(15)14-11-9-10(2)7-8-12(11)16-3/h7-9H,4-6H2,1-3H3,(H,14,15). The Morgan fingerprint density at radius 1 is 1.44 bits per heavy atom. The summed E-state index contributed by atoms with van der Waals surface area (Å²) >= 11 is 0. The van der Waals surface area contributed by atoms with E-state index in [9.17, 15) is 4.79 Å². The molecule has 88 valence electrons. The lowest BCUT2D eigenvalue weighted by molar-refractivity contribution is -0.116. The summed E-state index contributed by atoms with van der Waals surface area (Å²) in [6.07, 6.45) is 2.51. The van der Waals surface area contributed by atoms with E-state index < -0.39 is 0 Å². The van der Waals surface area contributed by atoms with Gasteiger partial charge in [0.05, 0.1) is 12.8 Å². The van der Waals surface area contributed by atoms with Crippen molar-refractivity contribution in [3.63, 3.8) is 0 Å². The predicted octanol–water partition coefficient (Wildman–Crippen LogP) is 3.13. The molecule has 0 fully saturated rings.